The van der Waals surface area contributed by atoms with Gasteiger partial charge < -0.3 is 10.5 Å². The average molecular weight is 236 g/mol. The Hall–Kier alpha value is -1.22. The molecule has 0 aromatic heterocycles. The summed E-state index contributed by atoms with van der Waals surface area (Å²) in [5, 5.41) is 0. The fourth-order valence-electron chi connectivity index (χ4n) is 2.04. The molecule has 17 heavy (non-hydrogen) atoms. The monoisotopic (exact) mass is 236 g/mol. The third-order valence-corrected chi connectivity index (χ3v) is 2.78. The number of nitrogens with two attached hydrogens (primary N) is 1. The molecule has 0 radical (unpaired) electrons. The maximum Gasteiger partial charge on any atom is 0.141 e. The van der Waals surface area contributed by atoms with Crippen molar-refractivity contribution in [3.8, 4) is 5.75 Å². The van der Waals surface area contributed by atoms with Crippen LogP contribution in [0.1, 0.15) is 32.3 Å². The van der Waals surface area contributed by atoms with Crippen LogP contribution in [0.15, 0.2) is 18.2 Å². The molecule has 1 aromatic carbocycles. The van der Waals surface area contributed by atoms with Crippen molar-refractivity contribution >= 4 is 5.69 Å². The molecule has 0 saturated carbocycles. The van der Waals surface area contributed by atoms with Crippen LogP contribution >= 0.6 is 0 Å². The van der Waals surface area contributed by atoms with Gasteiger partial charge in [0.25, 0.3) is 0 Å². The maximum absolute atomic E-state index is 5.91. The highest BCUT2D eigenvalue weighted by molar-refractivity contribution is 5.54. The summed E-state index contributed by atoms with van der Waals surface area (Å²) in [4.78, 5) is 2.46. The Bertz CT molecular complexity index is 333. The first-order chi connectivity index (χ1) is 8.21. The summed E-state index contributed by atoms with van der Waals surface area (Å²) in [6.45, 7) is 7.67. The van der Waals surface area contributed by atoms with Crippen LogP contribution in [-0.2, 0) is 6.54 Å². The number of hydrogen-bond acceptors (Lipinski definition) is 3. The highest BCUT2D eigenvalue weighted by Gasteiger charge is 2.06. The Kier molecular flexibility index (Phi) is 5.84. The molecular formula is C14H24N2O. The van der Waals surface area contributed by atoms with Gasteiger partial charge in [0.05, 0.1) is 12.8 Å². The fraction of sp³-hybridized carbons (Fsp3) is 0.571. The second kappa shape index (κ2) is 7.17. The van der Waals surface area contributed by atoms with Crippen molar-refractivity contribution in [3.63, 3.8) is 0 Å². The third-order valence-electron chi connectivity index (χ3n) is 2.78. The van der Waals surface area contributed by atoms with E-state index in [2.05, 4.69) is 24.8 Å². The summed E-state index contributed by atoms with van der Waals surface area (Å²) in [5.41, 5.74) is 7.89. The molecule has 0 heterocycles. The first kappa shape index (κ1) is 13.8. The first-order valence-electron chi connectivity index (χ1n) is 6.36. The summed E-state index contributed by atoms with van der Waals surface area (Å²) in [7, 11) is 1.64. The molecule has 1 aromatic rings. The Balaban J connectivity index is 2.68. The van der Waals surface area contributed by atoms with E-state index in [9.17, 15) is 0 Å². The maximum atomic E-state index is 5.91. The SMILES string of the molecule is CCCN(CCC)Cc1ccc(OC)c(N)c1. The van der Waals surface area contributed by atoms with Crippen LogP contribution in [0.25, 0.3) is 0 Å². The van der Waals surface area contributed by atoms with Crippen LogP contribution in [0.2, 0.25) is 0 Å². The van der Waals surface area contributed by atoms with E-state index in [0.717, 1.165) is 31.1 Å². The number of benzene rings is 1. The molecule has 2 N–H and O–H groups in total. The number of hydrogen-bond donors (Lipinski definition) is 1. The third kappa shape index (κ3) is 4.27. The molecule has 3 nitrogen and oxygen atoms in total. The lowest BCUT2D eigenvalue weighted by atomic mass is 10.1. The second-order valence-corrected chi connectivity index (χ2v) is 4.35. The van der Waals surface area contributed by atoms with Gasteiger partial charge in [0, 0.05) is 6.54 Å². The minimum Gasteiger partial charge on any atom is -0.495 e. The van der Waals surface area contributed by atoms with Gasteiger partial charge in [0.15, 0.2) is 0 Å². The Morgan fingerprint density at radius 3 is 2.29 bits per heavy atom. The largest absolute Gasteiger partial charge is 0.495 e. The van der Waals surface area contributed by atoms with Gasteiger partial charge in [-0.25, -0.2) is 0 Å². The molecular weight excluding hydrogens is 212 g/mol. The smallest absolute Gasteiger partial charge is 0.141 e. The van der Waals surface area contributed by atoms with E-state index in [0.29, 0.717) is 0 Å². The molecule has 0 aliphatic heterocycles. The standard InChI is InChI=1S/C14H24N2O/c1-4-8-16(9-5-2)11-12-6-7-14(17-3)13(15)10-12/h6-7,10H,4-5,8-9,11,15H2,1-3H3. The van der Waals surface area contributed by atoms with Gasteiger partial charge in [-0.1, -0.05) is 19.9 Å². The summed E-state index contributed by atoms with van der Waals surface area (Å²) >= 11 is 0. The number of nitrogens with zero attached hydrogens (tertiary/aromatic N) is 1. The minimum atomic E-state index is 0.720. The van der Waals surface area contributed by atoms with E-state index in [1.165, 1.54) is 18.4 Å². The second-order valence-electron chi connectivity index (χ2n) is 4.35. The van der Waals surface area contributed by atoms with E-state index in [1.807, 2.05) is 12.1 Å². The minimum absolute atomic E-state index is 0.720. The zero-order valence-electron chi connectivity index (χ0n) is 11.2. The van der Waals surface area contributed by atoms with Crippen molar-refractivity contribution in [2.24, 2.45) is 0 Å². The molecule has 3 heteroatoms. The van der Waals surface area contributed by atoms with Gasteiger partial charge in [-0.3, -0.25) is 4.90 Å². The van der Waals surface area contributed by atoms with Crippen molar-refractivity contribution in [1.82, 2.24) is 4.90 Å². The van der Waals surface area contributed by atoms with Crippen LogP contribution in [0.5, 0.6) is 5.75 Å². The predicted octanol–water partition coefficient (Wildman–Crippen LogP) is 2.90. The van der Waals surface area contributed by atoms with Crippen molar-refractivity contribution in [2.45, 2.75) is 33.2 Å². The Labute approximate surface area is 105 Å². The lowest BCUT2D eigenvalue weighted by molar-refractivity contribution is 0.266. The first-order valence-corrected chi connectivity index (χ1v) is 6.36. The molecule has 0 atom stereocenters. The number of methoxy groups -OCH3 is 1. The molecule has 0 aliphatic carbocycles. The van der Waals surface area contributed by atoms with Crippen molar-refractivity contribution in [3.05, 3.63) is 23.8 Å². The van der Waals surface area contributed by atoms with Crippen LogP contribution in [-0.4, -0.2) is 25.1 Å². The van der Waals surface area contributed by atoms with Crippen LogP contribution in [0.4, 0.5) is 5.69 Å². The van der Waals surface area contributed by atoms with E-state index in [4.69, 9.17) is 10.5 Å². The zero-order chi connectivity index (χ0) is 12.7. The summed E-state index contributed by atoms with van der Waals surface area (Å²) in [6.07, 6.45) is 2.37. The van der Waals surface area contributed by atoms with Crippen molar-refractivity contribution in [2.75, 3.05) is 25.9 Å². The quantitative estimate of drug-likeness (QED) is 0.740. The molecule has 96 valence electrons. The van der Waals surface area contributed by atoms with Crippen molar-refractivity contribution in [1.29, 1.82) is 0 Å². The highest BCUT2D eigenvalue weighted by Crippen LogP contribution is 2.22. The zero-order valence-corrected chi connectivity index (χ0v) is 11.2. The van der Waals surface area contributed by atoms with E-state index < -0.39 is 0 Å². The molecule has 0 spiro atoms. The molecule has 1 rings (SSSR count). The summed E-state index contributed by atoms with van der Waals surface area (Å²) in [6, 6.07) is 6.05. The van der Waals surface area contributed by atoms with Gasteiger partial charge in [-0.05, 0) is 43.6 Å². The molecule has 0 unspecified atom stereocenters. The average Bonchev–Trinajstić information content (AvgIpc) is 2.30. The van der Waals surface area contributed by atoms with E-state index >= 15 is 0 Å². The molecule has 0 bridgehead atoms. The topological polar surface area (TPSA) is 38.5 Å². The molecule has 0 fully saturated rings. The van der Waals surface area contributed by atoms with Crippen LogP contribution in [0.3, 0.4) is 0 Å². The summed E-state index contributed by atoms with van der Waals surface area (Å²) in [5.74, 6) is 0.756. The van der Waals surface area contributed by atoms with Gasteiger partial charge in [0.2, 0.25) is 0 Å². The number of anilines is 1. The number of nitrogen functional groups attached to an aromatic ring is 1. The number of ether oxygens (including phenoxy) is 1. The van der Waals surface area contributed by atoms with Gasteiger partial charge >= 0.3 is 0 Å². The van der Waals surface area contributed by atoms with E-state index in [-0.39, 0.29) is 0 Å². The molecule has 0 amide bonds. The molecule has 0 aliphatic rings. The lowest BCUT2D eigenvalue weighted by Crippen LogP contribution is -2.24. The van der Waals surface area contributed by atoms with Crippen molar-refractivity contribution < 1.29 is 4.74 Å². The number of rotatable bonds is 7. The Morgan fingerprint density at radius 2 is 1.82 bits per heavy atom. The van der Waals surface area contributed by atoms with E-state index in [1.54, 1.807) is 7.11 Å². The van der Waals surface area contributed by atoms with Gasteiger partial charge in [-0.15, -0.1) is 0 Å². The van der Waals surface area contributed by atoms with Crippen LogP contribution in [0, 0.1) is 0 Å². The highest BCUT2D eigenvalue weighted by atomic mass is 16.5. The normalized spacial score (nSPS) is 10.8. The van der Waals surface area contributed by atoms with Gasteiger partial charge in [0.1, 0.15) is 5.75 Å². The summed E-state index contributed by atoms with van der Waals surface area (Å²) < 4.78 is 5.16. The molecule has 0 saturated heterocycles. The van der Waals surface area contributed by atoms with Gasteiger partial charge in [-0.2, -0.15) is 0 Å². The lowest BCUT2D eigenvalue weighted by Gasteiger charge is -2.21. The Morgan fingerprint density at radius 1 is 1.18 bits per heavy atom. The van der Waals surface area contributed by atoms with Crippen LogP contribution < -0.4 is 10.5 Å². The fourth-order valence-corrected chi connectivity index (χ4v) is 2.04. The predicted molar refractivity (Wildman–Crippen MR) is 73.3 cm³/mol.